The first kappa shape index (κ1) is 16.4. The van der Waals surface area contributed by atoms with Crippen LogP contribution in [0, 0.1) is 0 Å². The molecule has 0 spiro atoms. The first-order chi connectivity index (χ1) is 10.7. The van der Waals surface area contributed by atoms with E-state index in [0.717, 1.165) is 36.1 Å². The zero-order valence-electron chi connectivity index (χ0n) is 12.5. The first-order valence-electron chi connectivity index (χ1n) is 7.44. The molecule has 1 aromatic heterocycles. The van der Waals surface area contributed by atoms with Crippen molar-refractivity contribution in [2.75, 3.05) is 5.32 Å². The predicted molar refractivity (Wildman–Crippen MR) is 92.3 cm³/mol. The van der Waals surface area contributed by atoms with Crippen molar-refractivity contribution in [3.8, 4) is 0 Å². The van der Waals surface area contributed by atoms with Crippen molar-refractivity contribution in [2.24, 2.45) is 5.73 Å². The summed E-state index contributed by atoms with van der Waals surface area (Å²) in [6, 6.07) is 5.92. The molecular weight excluding hydrogens is 334 g/mol. The van der Waals surface area contributed by atoms with Crippen molar-refractivity contribution >= 4 is 34.8 Å². The third-order valence-electron chi connectivity index (χ3n) is 4.18. The van der Waals surface area contributed by atoms with Crippen LogP contribution in [0.15, 0.2) is 18.2 Å². The Kier molecular flexibility index (Phi) is 4.68. The number of carbonyl (C=O) groups excluding carboxylic acids is 1. The molecule has 2 aliphatic rings. The number of amides is 1. The van der Waals surface area contributed by atoms with Gasteiger partial charge in [-0.1, -0.05) is 6.07 Å². The molecule has 23 heavy (non-hydrogen) atoms. The maximum absolute atomic E-state index is 12.4. The molecule has 1 amide bonds. The van der Waals surface area contributed by atoms with Crippen molar-refractivity contribution in [3.63, 3.8) is 0 Å². The molecule has 1 atom stereocenters. The molecule has 1 aliphatic carbocycles. The van der Waals surface area contributed by atoms with E-state index >= 15 is 0 Å². The number of nitrogens with two attached hydrogens (primary N) is 1. The lowest BCUT2D eigenvalue weighted by Crippen LogP contribution is -2.27. The number of hydrogen-bond donors (Lipinski definition) is 2. The Hall–Kier alpha value is -1.47. The minimum atomic E-state index is -0.120. The monoisotopic (exact) mass is 351 g/mol. The third kappa shape index (κ3) is 3.26. The molecule has 0 radical (unpaired) electrons. The van der Waals surface area contributed by atoms with Crippen LogP contribution < -0.4 is 11.1 Å². The van der Waals surface area contributed by atoms with Gasteiger partial charge in [-0.25, -0.2) is 4.98 Å². The van der Waals surface area contributed by atoms with Gasteiger partial charge in [-0.2, -0.15) is 0 Å². The Balaban J connectivity index is 0.00000156. The van der Waals surface area contributed by atoms with Gasteiger partial charge in [-0.3, -0.25) is 10.1 Å². The standard InChI is InChI=1S/C16H17N3O2S.ClH/c17-12-3-4-13-14(6-12)22-16(18-13)19-15(20)9-1-2-10-7-21-8-11(10)5-9;/h1-2,5,12H,3-4,6-8,17H2,(H,18,19,20);1H/t12-;/m0./s1. The lowest BCUT2D eigenvalue weighted by atomic mass is 9.99. The van der Waals surface area contributed by atoms with Crippen LogP contribution in [0.4, 0.5) is 5.13 Å². The number of halogens is 1. The Morgan fingerprint density at radius 3 is 3.04 bits per heavy atom. The highest BCUT2D eigenvalue weighted by Gasteiger charge is 2.21. The zero-order valence-corrected chi connectivity index (χ0v) is 14.1. The summed E-state index contributed by atoms with van der Waals surface area (Å²) in [5, 5.41) is 3.58. The topological polar surface area (TPSA) is 77.2 Å². The number of carbonyl (C=O) groups is 1. The third-order valence-corrected chi connectivity index (χ3v) is 5.22. The second-order valence-corrected chi connectivity index (χ2v) is 6.91. The minimum absolute atomic E-state index is 0. The number of anilines is 1. The van der Waals surface area contributed by atoms with Crippen LogP contribution in [0.1, 0.15) is 38.5 Å². The van der Waals surface area contributed by atoms with Crippen molar-refractivity contribution in [3.05, 3.63) is 45.5 Å². The van der Waals surface area contributed by atoms with Crippen LogP contribution >= 0.6 is 23.7 Å². The van der Waals surface area contributed by atoms with Gasteiger partial charge in [0.15, 0.2) is 5.13 Å². The fraction of sp³-hybridized carbons (Fsp3) is 0.375. The molecule has 3 N–H and O–H groups in total. The Bertz CT molecular complexity index is 747. The van der Waals surface area contributed by atoms with Crippen LogP contribution in [0.3, 0.4) is 0 Å². The maximum atomic E-state index is 12.4. The SMILES string of the molecule is Cl.N[C@H]1CCc2nc(NC(=O)c3ccc4c(c3)COC4)sc2C1. The maximum Gasteiger partial charge on any atom is 0.257 e. The lowest BCUT2D eigenvalue weighted by Gasteiger charge is -2.15. The van der Waals surface area contributed by atoms with Crippen LogP contribution in [0.5, 0.6) is 0 Å². The van der Waals surface area contributed by atoms with Crippen LogP contribution in [-0.4, -0.2) is 16.9 Å². The molecule has 1 aliphatic heterocycles. The molecule has 0 unspecified atom stereocenters. The molecule has 1 aromatic carbocycles. The normalized spacial score (nSPS) is 18.7. The van der Waals surface area contributed by atoms with E-state index in [9.17, 15) is 4.79 Å². The van der Waals surface area contributed by atoms with E-state index in [4.69, 9.17) is 10.5 Å². The van der Waals surface area contributed by atoms with E-state index in [1.54, 1.807) is 0 Å². The molecule has 0 fully saturated rings. The highest BCUT2D eigenvalue weighted by molar-refractivity contribution is 7.15. The van der Waals surface area contributed by atoms with Gasteiger partial charge in [0.1, 0.15) is 0 Å². The summed E-state index contributed by atoms with van der Waals surface area (Å²) in [7, 11) is 0. The number of aromatic nitrogens is 1. The quantitative estimate of drug-likeness (QED) is 0.872. The first-order valence-corrected chi connectivity index (χ1v) is 8.26. The molecule has 2 heterocycles. The summed E-state index contributed by atoms with van der Waals surface area (Å²) in [4.78, 5) is 18.1. The highest BCUT2D eigenvalue weighted by atomic mass is 35.5. The van der Waals surface area contributed by atoms with E-state index in [2.05, 4.69) is 10.3 Å². The van der Waals surface area contributed by atoms with Crippen LogP contribution in [0.2, 0.25) is 0 Å². The summed E-state index contributed by atoms with van der Waals surface area (Å²) in [5.41, 5.74) is 9.97. The molecule has 4 rings (SSSR count). The Labute approximate surface area is 144 Å². The molecule has 122 valence electrons. The van der Waals surface area contributed by atoms with Crippen molar-refractivity contribution in [1.29, 1.82) is 0 Å². The van der Waals surface area contributed by atoms with E-state index in [1.807, 2.05) is 18.2 Å². The molecular formula is C16H18ClN3O2S. The minimum Gasteiger partial charge on any atom is -0.372 e. The Morgan fingerprint density at radius 2 is 2.17 bits per heavy atom. The zero-order chi connectivity index (χ0) is 15.1. The molecule has 0 saturated carbocycles. The van der Waals surface area contributed by atoms with Gasteiger partial charge in [0.05, 0.1) is 18.9 Å². The smallest absolute Gasteiger partial charge is 0.257 e. The fourth-order valence-corrected chi connectivity index (χ4v) is 4.03. The highest BCUT2D eigenvalue weighted by Crippen LogP contribution is 2.29. The van der Waals surface area contributed by atoms with Gasteiger partial charge in [-0.05, 0) is 42.5 Å². The number of hydrogen-bond acceptors (Lipinski definition) is 5. The summed E-state index contributed by atoms with van der Waals surface area (Å²) < 4.78 is 5.38. The number of aryl methyl sites for hydroxylation is 1. The Morgan fingerprint density at radius 1 is 1.35 bits per heavy atom. The number of ether oxygens (including phenoxy) is 1. The van der Waals surface area contributed by atoms with E-state index < -0.39 is 0 Å². The van der Waals surface area contributed by atoms with Gasteiger partial charge in [-0.15, -0.1) is 23.7 Å². The van der Waals surface area contributed by atoms with Gasteiger partial charge in [0, 0.05) is 16.5 Å². The summed E-state index contributed by atoms with van der Waals surface area (Å²) in [5.74, 6) is -0.120. The lowest BCUT2D eigenvalue weighted by molar-refractivity contribution is 0.102. The van der Waals surface area contributed by atoms with Gasteiger partial charge in [0.25, 0.3) is 5.91 Å². The fourth-order valence-electron chi connectivity index (χ4n) is 2.94. The van der Waals surface area contributed by atoms with Crippen molar-refractivity contribution < 1.29 is 9.53 Å². The molecule has 0 saturated heterocycles. The molecule has 7 heteroatoms. The predicted octanol–water partition coefficient (Wildman–Crippen LogP) is 2.66. The van der Waals surface area contributed by atoms with Gasteiger partial charge in [0.2, 0.25) is 0 Å². The number of fused-ring (bicyclic) bond motifs is 2. The number of thiazole rings is 1. The average Bonchev–Trinajstić information content (AvgIpc) is 3.11. The number of benzene rings is 1. The largest absolute Gasteiger partial charge is 0.372 e. The second kappa shape index (κ2) is 6.57. The van der Waals surface area contributed by atoms with E-state index in [-0.39, 0.29) is 24.4 Å². The van der Waals surface area contributed by atoms with E-state index in [1.165, 1.54) is 16.2 Å². The average molecular weight is 352 g/mol. The van der Waals surface area contributed by atoms with Crippen LogP contribution in [0.25, 0.3) is 0 Å². The summed E-state index contributed by atoms with van der Waals surface area (Å²) in [6.45, 7) is 1.22. The summed E-state index contributed by atoms with van der Waals surface area (Å²) in [6.07, 6.45) is 2.73. The number of nitrogens with one attached hydrogen (secondary N) is 1. The van der Waals surface area contributed by atoms with Gasteiger partial charge < -0.3 is 10.5 Å². The number of nitrogens with zero attached hydrogens (tertiary/aromatic N) is 1. The van der Waals surface area contributed by atoms with Gasteiger partial charge >= 0.3 is 0 Å². The molecule has 5 nitrogen and oxygen atoms in total. The molecule has 2 aromatic rings. The molecule has 0 bridgehead atoms. The second-order valence-electron chi connectivity index (χ2n) is 5.82. The van der Waals surface area contributed by atoms with E-state index in [0.29, 0.717) is 23.9 Å². The van der Waals surface area contributed by atoms with Crippen molar-refractivity contribution in [1.82, 2.24) is 4.98 Å². The number of rotatable bonds is 2. The van der Waals surface area contributed by atoms with Crippen molar-refractivity contribution in [2.45, 2.75) is 38.5 Å². The van der Waals surface area contributed by atoms with Crippen LogP contribution in [-0.2, 0) is 30.8 Å². The summed E-state index contributed by atoms with van der Waals surface area (Å²) >= 11 is 1.54.